The number of unbranched alkanes of at least 4 members (excludes halogenated alkanes) is 4. The van der Waals surface area contributed by atoms with E-state index in [0.717, 1.165) is 12.8 Å². The van der Waals surface area contributed by atoms with Gasteiger partial charge >= 0.3 is 0 Å². The number of amides is 1. The molecule has 0 heterocycles. The molecule has 1 unspecified atom stereocenters. The monoisotopic (exact) mass is 280 g/mol. The first-order valence-electron chi connectivity index (χ1n) is 7.40. The number of nitrogens with two attached hydrogens (primary N) is 1. The molecule has 0 aliphatic carbocycles. The van der Waals surface area contributed by atoms with Gasteiger partial charge in [-0.15, -0.1) is 0 Å². The first-order valence-corrected chi connectivity index (χ1v) is 7.40. The number of hydrogen-bond donors (Lipinski definition) is 2. The van der Waals surface area contributed by atoms with Gasteiger partial charge < -0.3 is 11.1 Å². The van der Waals surface area contributed by atoms with E-state index in [-0.39, 0.29) is 11.9 Å². The lowest BCUT2D eigenvalue weighted by Crippen LogP contribution is -2.17. The molecule has 0 aliphatic rings. The van der Waals surface area contributed by atoms with Crippen molar-refractivity contribution in [3.8, 4) is 0 Å². The molecule has 0 spiro atoms. The van der Waals surface area contributed by atoms with Gasteiger partial charge in [0, 0.05) is 11.6 Å². The first kappa shape index (κ1) is 16.5. The second kappa shape index (κ2) is 8.56. The maximum atomic E-state index is 13.7. The number of rotatable bonds is 9. The first-order chi connectivity index (χ1) is 9.54. The lowest BCUT2D eigenvalue weighted by Gasteiger charge is -2.16. The van der Waals surface area contributed by atoms with Crippen LogP contribution in [-0.2, 0) is 0 Å². The molecule has 0 saturated carbocycles. The fourth-order valence-electron chi connectivity index (χ4n) is 2.18. The number of nitrogens with one attached hydrogen (secondary N) is 1. The molecule has 1 aromatic carbocycles. The Morgan fingerprint density at radius 1 is 1.30 bits per heavy atom. The zero-order chi connectivity index (χ0) is 15.0. The minimum atomic E-state index is -0.541. The summed E-state index contributed by atoms with van der Waals surface area (Å²) in [5.41, 5.74) is 5.87. The van der Waals surface area contributed by atoms with Crippen LogP contribution in [0.2, 0.25) is 0 Å². The Morgan fingerprint density at radius 2 is 2.00 bits per heavy atom. The van der Waals surface area contributed by atoms with E-state index in [1.165, 1.54) is 43.9 Å². The fraction of sp³-hybridized carbons (Fsp3) is 0.562. The van der Waals surface area contributed by atoms with E-state index >= 15 is 0 Å². The smallest absolute Gasteiger partial charge is 0.248 e. The van der Waals surface area contributed by atoms with E-state index in [0.29, 0.717) is 11.3 Å². The molecule has 112 valence electrons. The van der Waals surface area contributed by atoms with Crippen molar-refractivity contribution in [1.82, 2.24) is 0 Å². The van der Waals surface area contributed by atoms with Crippen molar-refractivity contribution in [3.63, 3.8) is 0 Å². The Morgan fingerprint density at radius 3 is 2.65 bits per heavy atom. The summed E-state index contributed by atoms with van der Waals surface area (Å²) in [5, 5.41) is 3.11. The SMILES string of the molecule is CCCCCCCC(C)Nc1cc(C(N)=O)ccc1F. The fourth-order valence-corrected chi connectivity index (χ4v) is 2.18. The summed E-state index contributed by atoms with van der Waals surface area (Å²) >= 11 is 0. The van der Waals surface area contributed by atoms with Crippen molar-refractivity contribution >= 4 is 11.6 Å². The normalized spacial score (nSPS) is 12.2. The van der Waals surface area contributed by atoms with Crippen molar-refractivity contribution < 1.29 is 9.18 Å². The Balaban J connectivity index is 2.46. The molecule has 1 amide bonds. The minimum absolute atomic E-state index is 0.175. The summed E-state index contributed by atoms with van der Waals surface area (Å²) in [6, 6.07) is 4.33. The van der Waals surface area contributed by atoms with Gasteiger partial charge in [0.05, 0.1) is 5.69 Å². The zero-order valence-corrected chi connectivity index (χ0v) is 12.4. The Hall–Kier alpha value is -1.58. The average Bonchev–Trinajstić information content (AvgIpc) is 2.40. The predicted molar refractivity (Wildman–Crippen MR) is 81.4 cm³/mol. The molecule has 0 aliphatic heterocycles. The van der Waals surface area contributed by atoms with E-state index in [2.05, 4.69) is 12.2 Å². The van der Waals surface area contributed by atoms with Gasteiger partial charge in [-0.25, -0.2) is 4.39 Å². The lowest BCUT2D eigenvalue weighted by molar-refractivity contribution is 0.100. The topological polar surface area (TPSA) is 55.1 Å². The average molecular weight is 280 g/mol. The predicted octanol–water partition coefficient (Wildman–Crippen LogP) is 4.09. The molecule has 0 fully saturated rings. The number of carbonyl (C=O) groups is 1. The number of carbonyl (C=O) groups excluding carboxylic acids is 1. The van der Waals surface area contributed by atoms with Gasteiger partial charge in [0.2, 0.25) is 5.91 Å². The van der Waals surface area contributed by atoms with Crippen molar-refractivity contribution in [3.05, 3.63) is 29.6 Å². The Bertz CT molecular complexity index is 434. The second-order valence-corrected chi connectivity index (χ2v) is 5.31. The van der Waals surface area contributed by atoms with Crippen LogP contribution in [0.15, 0.2) is 18.2 Å². The van der Waals surface area contributed by atoms with Crippen LogP contribution in [0.5, 0.6) is 0 Å². The van der Waals surface area contributed by atoms with Crippen LogP contribution < -0.4 is 11.1 Å². The molecule has 1 rings (SSSR count). The highest BCUT2D eigenvalue weighted by Gasteiger charge is 2.09. The van der Waals surface area contributed by atoms with Crippen molar-refractivity contribution in [2.24, 2.45) is 5.73 Å². The standard InChI is InChI=1S/C16H25FN2O/c1-3-4-5-6-7-8-12(2)19-15-11-13(16(18)20)9-10-14(15)17/h9-12,19H,3-8H2,1-2H3,(H2,18,20). The third-order valence-electron chi connectivity index (χ3n) is 3.39. The summed E-state index contributed by atoms with van der Waals surface area (Å²) in [7, 11) is 0. The molecule has 0 radical (unpaired) electrons. The van der Waals surface area contributed by atoms with Crippen LogP contribution in [-0.4, -0.2) is 11.9 Å². The summed E-state index contributed by atoms with van der Waals surface area (Å²) in [6.45, 7) is 4.22. The van der Waals surface area contributed by atoms with Gasteiger partial charge in [0.1, 0.15) is 5.82 Å². The Kier molecular flexibility index (Phi) is 7.05. The highest BCUT2D eigenvalue weighted by Crippen LogP contribution is 2.18. The van der Waals surface area contributed by atoms with Crippen LogP contribution in [0, 0.1) is 5.82 Å². The second-order valence-electron chi connectivity index (χ2n) is 5.31. The van der Waals surface area contributed by atoms with E-state index in [9.17, 15) is 9.18 Å². The molecule has 4 heteroatoms. The maximum absolute atomic E-state index is 13.7. The highest BCUT2D eigenvalue weighted by molar-refractivity contribution is 5.93. The van der Waals surface area contributed by atoms with Crippen LogP contribution >= 0.6 is 0 Å². The van der Waals surface area contributed by atoms with Gasteiger partial charge in [-0.05, 0) is 31.5 Å². The summed E-state index contributed by atoms with van der Waals surface area (Å²) < 4.78 is 13.7. The zero-order valence-electron chi connectivity index (χ0n) is 12.4. The third kappa shape index (κ3) is 5.59. The molecule has 0 aromatic heterocycles. The van der Waals surface area contributed by atoms with Crippen LogP contribution in [0.3, 0.4) is 0 Å². The molecule has 3 nitrogen and oxygen atoms in total. The van der Waals surface area contributed by atoms with Crippen LogP contribution in [0.4, 0.5) is 10.1 Å². The molecule has 20 heavy (non-hydrogen) atoms. The molecule has 1 aromatic rings. The molecular formula is C16H25FN2O. The van der Waals surface area contributed by atoms with Crippen molar-refractivity contribution in [2.75, 3.05) is 5.32 Å². The largest absolute Gasteiger partial charge is 0.380 e. The number of benzene rings is 1. The highest BCUT2D eigenvalue weighted by atomic mass is 19.1. The summed E-state index contributed by atoms with van der Waals surface area (Å²) in [4.78, 5) is 11.1. The van der Waals surface area contributed by atoms with Gasteiger partial charge in [-0.3, -0.25) is 4.79 Å². The van der Waals surface area contributed by atoms with Gasteiger partial charge in [-0.1, -0.05) is 39.0 Å². The Labute approximate surface area is 120 Å². The third-order valence-corrected chi connectivity index (χ3v) is 3.39. The molecular weight excluding hydrogens is 255 g/mol. The molecule has 3 N–H and O–H groups in total. The molecule has 0 bridgehead atoms. The van der Waals surface area contributed by atoms with Crippen LogP contribution in [0.1, 0.15) is 62.7 Å². The minimum Gasteiger partial charge on any atom is -0.380 e. The molecule has 1 atom stereocenters. The summed E-state index contributed by atoms with van der Waals surface area (Å²) in [6.07, 6.45) is 7.10. The van der Waals surface area contributed by atoms with Gasteiger partial charge in [0.15, 0.2) is 0 Å². The van der Waals surface area contributed by atoms with E-state index in [4.69, 9.17) is 5.73 Å². The van der Waals surface area contributed by atoms with E-state index in [1.54, 1.807) is 0 Å². The van der Waals surface area contributed by atoms with Crippen molar-refractivity contribution in [1.29, 1.82) is 0 Å². The van der Waals surface area contributed by atoms with Crippen molar-refractivity contribution in [2.45, 2.75) is 58.4 Å². The van der Waals surface area contributed by atoms with E-state index in [1.807, 2.05) is 6.92 Å². The number of primary amides is 1. The van der Waals surface area contributed by atoms with Gasteiger partial charge in [-0.2, -0.15) is 0 Å². The molecule has 0 saturated heterocycles. The van der Waals surface area contributed by atoms with E-state index < -0.39 is 5.91 Å². The number of anilines is 1. The summed E-state index contributed by atoms with van der Waals surface area (Å²) in [5.74, 6) is -0.895. The van der Waals surface area contributed by atoms with Crippen LogP contribution in [0.25, 0.3) is 0 Å². The lowest BCUT2D eigenvalue weighted by atomic mass is 10.1. The number of hydrogen-bond acceptors (Lipinski definition) is 2. The van der Waals surface area contributed by atoms with Gasteiger partial charge in [0.25, 0.3) is 0 Å². The number of halogens is 1. The quantitative estimate of drug-likeness (QED) is 0.669. The maximum Gasteiger partial charge on any atom is 0.248 e.